The number of fused-ring (bicyclic) bond motifs is 1. The minimum Gasteiger partial charge on any atom is -0.494 e. The van der Waals surface area contributed by atoms with E-state index in [1.54, 1.807) is 6.07 Å². The first kappa shape index (κ1) is 17.1. The van der Waals surface area contributed by atoms with E-state index in [0.29, 0.717) is 17.7 Å². The average molecular weight is 339 g/mol. The van der Waals surface area contributed by atoms with Crippen LogP contribution in [0.15, 0.2) is 48.8 Å². The molecule has 1 N–H and O–H groups in total. The number of hydrogen-bond acceptors (Lipinski definition) is 4. The predicted molar refractivity (Wildman–Crippen MR) is 98.5 cm³/mol. The zero-order valence-corrected chi connectivity index (χ0v) is 14.3. The second kappa shape index (κ2) is 8.42. The molecule has 2 aromatic carbocycles. The Morgan fingerprint density at radius 2 is 1.92 bits per heavy atom. The Balaban J connectivity index is 1.57. The van der Waals surface area contributed by atoms with Crippen molar-refractivity contribution in [3.8, 4) is 5.75 Å². The smallest absolute Gasteiger partial charge is 0.137 e. The van der Waals surface area contributed by atoms with Crippen molar-refractivity contribution in [1.29, 1.82) is 0 Å². The molecule has 4 nitrogen and oxygen atoms in total. The number of hydrogen-bond donors (Lipinski definition) is 1. The van der Waals surface area contributed by atoms with E-state index < -0.39 is 0 Å². The second-order valence-corrected chi connectivity index (χ2v) is 5.91. The van der Waals surface area contributed by atoms with Crippen LogP contribution in [0.2, 0.25) is 0 Å². The molecule has 1 heterocycles. The molecular weight excluding hydrogens is 317 g/mol. The Morgan fingerprint density at radius 3 is 2.72 bits per heavy atom. The SMILES string of the molecule is CCCCOc1ccc(CCNc2ncnc3ccc(F)cc23)cc1. The number of ether oxygens (including phenoxy) is 1. The summed E-state index contributed by atoms with van der Waals surface area (Å²) in [5.41, 5.74) is 1.94. The zero-order valence-electron chi connectivity index (χ0n) is 14.3. The highest BCUT2D eigenvalue weighted by molar-refractivity contribution is 5.88. The Hall–Kier alpha value is -2.69. The maximum atomic E-state index is 13.5. The Bertz CT molecular complexity index is 821. The van der Waals surface area contributed by atoms with Crippen molar-refractivity contribution in [1.82, 2.24) is 9.97 Å². The lowest BCUT2D eigenvalue weighted by Gasteiger charge is -2.09. The monoisotopic (exact) mass is 339 g/mol. The highest BCUT2D eigenvalue weighted by atomic mass is 19.1. The molecule has 0 saturated heterocycles. The first-order chi connectivity index (χ1) is 12.3. The van der Waals surface area contributed by atoms with E-state index in [1.165, 1.54) is 24.0 Å². The van der Waals surface area contributed by atoms with Crippen LogP contribution in [0.3, 0.4) is 0 Å². The summed E-state index contributed by atoms with van der Waals surface area (Å²) >= 11 is 0. The van der Waals surface area contributed by atoms with Crippen LogP contribution in [0.4, 0.5) is 10.2 Å². The minimum absolute atomic E-state index is 0.288. The molecule has 25 heavy (non-hydrogen) atoms. The summed E-state index contributed by atoms with van der Waals surface area (Å²) < 4.78 is 19.1. The van der Waals surface area contributed by atoms with E-state index in [2.05, 4.69) is 34.3 Å². The van der Waals surface area contributed by atoms with Gasteiger partial charge in [0.25, 0.3) is 0 Å². The van der Waals surface area contributed by atoms with Crippen molar-refractivity contribution in [2.45, 2.75) is 26.2 Å². The standard InChI is InChI=1S/C20H22FN3O/c1-2-3-12-25-17-7-4-15(5-8-17)10-11-22-20-18-13-16(21)6-9-19(18)23-14-24-20/h4-9,13-14H,2-3,10-12H2,1H3,(H,22,23,24). The summed E-state index contributed by atoms with van der Waals surface area (Å²) in [6.45, 7) is 3.61. The molecule has 3 aromatic rings. The van der Waals surface area contributed by atoms with Gasteiger partial charge in [-0.3, -0.25) is 0 Å². The van der Waals surface area contributed by atoms with Gasteiger partial charge in [-0.25, -0.2) is 14.4 Å². The van der Waals surface area contributed by atoms with E-state index in [1.807, 2.05) is 12.1 Å². The largest absolute Gasteiger partial charge is 0.494 e. The molecule has 3 rings (SSSR count). The lowest BCUT2D eigenvalue weighted by molar-refractivity contribution is 0.309. The highest BCUT2D eigenvalue weighted by Crippen LogP contribution is 2.20. The van der Waals surface area contributed by atoms with Crippen LogP contribution in [0.1, 0.15) is 25.3 Å². The van der Waals surface area contributed by atoms with Gasteiger partial charge in [-0.05, 0) is 48.7 Å². The molecule has 0 unspecified atom stereocenters. The maximum absolute atomic E-state index is 13.5. The molecule has 130 valence electrons. The van der Waals surface area contributed by atoms with Gasteiger partial charge in [0, 0.05) is 11.9 Å². The highest BCUT2D eigenvalue weighted by Gasteiger charge is 2.04. The third kappa shape index (κ3) is 4.66. The molecule has 0 spiro atoms. The van der Waals surface area contributed by atoms with E-state index >= 15 is 0 Å². The molecule has 0 aliphatic carbocycles. The van der Waals surface area contributed by atoms with Crippen LogP contribution in [-0.4, -0.2) is 23.1 Å². The predicted octanol–water partition coefficient (Wildman–Crippen LogP) is 4.60. The first-order valence-electron chi connectivity index (χ1n) is 8.62. The Kier molecular flexibility index (Phi) is 5.77. The molecule has 0 radical (unpaired) electrons. The summed E-state index contributed by atoms with van der Waals surface area (Å²) in [6, 6.07) is 12.7. The van der Waals surface area contributed by atoms with Gasteiger partial charge in [0.1, 0.15) is 23.7 Å². The Morgan fingerprint density at radius 1 is 1.08 bits per heavy atom. The summed E-state index contributed by atoms with van der Waals surface area (Å²) in [6.07, 6.45) is 4.53. The first-order valence-corrected chi connectivity index (χ1v) is 8.62. The molecule has 0 aliphatic rings. The van der Waals surface area contributed by atoms with Crippen molar-refractivity contribution in [3.63, 3.8) is 0 Å². The van der Waals surface area contributed by atoms with E-state index in [4.69, 9.17) is 4.74 Å². The second-order valence-electron chi connectivity index (χ2n) is 5.91. The van der Waals surface area contributed by atoms with Crippen LogP contribution >= 0.6 is 0 Å². The van der Waals surface area contributed by atoms with Gasteiger partial charge in [0.2, 0.25) is 0 Å². The van der Waals surface area contributed by atoms with Gasteiger partial charge in [0.15, 0.2) is 0 Å². The van der Waals surface area contributed by atoms with Gasteiger partial charge >= 0.3 is 0 Å². The van der Waals surface area contributed by atoms with Gasteiger partial charge in [-0.1, -0.05) is 25.5 Å². The average Bonchev–Trinajstić information content (AvgIpc) is 2.63. The summed E-state index contributed by atoms with van der Waals surface area (Å²) in [5.74, 6) is 1.27. The van der Waals surface area contributed by atoms with Crippen LogP contribution < -0.4 is 10.1 Å². The van der Waals surface area contributed by atoms with Crippen molar-refractivity contribution in [2.75, 3.05) is 18.5 Å². The molecular formula is C20H22FN3O. The van der Waals surface area contributed by atoms with E-state index in [9.17, 15) is 4.39 Å². The zero-order chi connectivity index (χ0) is 17.5. The quantitative estimate of drug-likeness (QED) is 0.609. The van der Waals surface area contributed by atoms with E-state index in [-0.39, 0.29) is 5.82 Å². The van der Waals surface area contributed by atoms with Gasteiger partial charge in [-0.15, -0.1) is 0 Å². The van der Waals surface area contributed by atoms with Gasteiger partial charge < -0.3 is 10.1 Å². The van der Waals surface area contributed by atoms with Gasteiger partial charge in [-0.2, -0.15) is 0 Å². The lowest BCUT2D eigenvalue weighted by atomic mass is 10.1. The number of rotatable bonds is 8. The molecule has 0 aliphatic heterocycles. The molecule has 1 aromatic heterocycles. The molecule has 0 bridgehead atoms. The molecule has 0 amide bonds. The van der Waals surface area contributed by atoms with Crippen LogP contribution in [0.25, 0.3) is 10.9 Å². The van der Waals surface area contributed by atoms with Crippen molar-refractivity contribution in [2.24, 2.45) is 0 Å². The molecule has 5 heteroatoms. The fraction of sp³-hybridized carbons (Fsp3) is 0.300. The van der Waals surface area contributed by atoms with Crippen molar-refractivity contribution in [3.05, 3.63) is 60.2 Å². The lowest BCUT2D eigenvalue weighted by Crippen LogP contribution is -2.07. The van der Waals surface area contributed by atoms with Crippen LogP contribution in [0, 0.1) is 5.82 Å². The topological polar surface area (TPSA) is 47.0 Å². The maximum Gasteiger partial charge on any atom is 0.137 e. The third-order valence-electron chi connectivity index (χ3n) is 3.99. The number of aromatic nitrogens is 2. The molecule has 0 atom stereocenters. The minimum atomic E-state index is -0.288. The fourth-order valence-corrected chi connectivity index (χ4v) is 2.58. The van der Waals surface area contributed by atoms with Crippen molar-refractivity contribution < 1.29 is 9.13 Å². The number of unbranched alkanes of at least 4 members (excludes halogenated alkanes) is 1. The molecule has 0 saturated carbocycles. The third-order valence-corrected chi connectivity index (χ3v) is 3.99. The van der Waals surface area contributed by atoms with E-state index in [0.717, 1.165) is 37.1 Å². The normalized spacial score (nSPS) is 10.8. The van der Waals surface area contributed by atoms with Crippen LogP contribution in [0.5, 0.6) is 5.75 Å². The summed E-state index contributed by atoms with van der Waals surface area (Å²) in [7, 11) is 0. The number of halogens is 1. The van der Waals surface area contributed by atoms with Crippen LogP contribution in [-0.2, 0) is 6.42 Å². The van der Waals surface area contributed by atoms with Gasteiger partial charge in [0.05, 0.1) is 12.1 Å². The number of nitrogens with zero attached hydrogens (tertiary/aromatic N) is 2. The Labute approximate surface area is 147 Å². The number of benzene rings is 2. The fourth-order valence-electron chi connectivity index (χ4n) is 2.58. The summed E-state index contributed by atoms with van der Waals surface area (Å²) in [5, 5.41) is 3.97. The molecule has 0 fully saturated rings. The van der Waals surface area contributed by atoms with Crippen molar-refractivity contribution >= 4 is 16.7 Å². The number of nitrogens with one attached hydrogen (secondary N) is 1. The summed E-state index contributed by atoms with van der Waals surface area (Å²) in [4.78, 5) is 8.38. The number of anilines is 1.